The molecule has 7 aromatic rings. The normalized spacial score (nSPS) is 16.7. The Morgan fingerprint density at radius 2 is 1.33 bits per heavy atom. The number of fused-ring (bicyclic) bond motifs is 4. The molecule has 16 heteroatoms. The van der Waals surface area contributed by atoms with Crippen LogP contribution in [0, 0.1) is 0 Å². The summed E-state index contributed by atoms with van der Waals surface area (Å²) in [6, 6.07) is 48.9. The minimum absolute atomic E-state index is 0.0427. The molecule has 5 N–H and O–H groups in total. The number of nitrogens with zero attached hydrogens (tertiary/aromatic N) is 2. The average molecular weight is 982 g/mol. The minimum atomic E-state index is -1.02. The van der Waals surface area contributed by atoms with Crippen molar-refractivity contribution in [3.05, 3.63) is 203 Å². The van der Waals surface area contributed by atoms with Gasteiger partial charge in [0.2, 0.25) is 5.91 Å². The lowest BCUT2D eigenvalue weighted by molar-refractivity contribution is -0.121. The summed E-state index contributed by atoms with van der Waals surface area (Å²) in [6.45, 7) is 0.699. The van der Waals surface area contributed by atoms with E-state index in [1.807, 2.05) is 103 Å². The van der Waals surface area contributed by atoms with Crippen molar-refractivity contribution in [3.63, 3.8) is 0 Å². The summed E-state index contributed by atoms with van der Waals surface area (Å²) in [5, 5.41) is 14.3. The van der Waals surface area contributed by atoms with Gasteiger partial charge in [0, 0.05) is 31.0 Å². The highest BCUT2D eigenvalue weighted by Crippen LogP contribution is 2.45. The molecule has 3 atom stereocenters. The van der Waals surface area contributed by atoms with Gasteiger partial charge in [0.15, 0.2) is 12.0 Å². The second-order valence-electron chi connectivity index (χ2n) is 18.0. The zero-order valence-electron chi connectivity index (χ0n) is 40.3. The molecule has 0 spiro atoms. The van der Waals surface area contributed by atoms with E-state index in [0.29, 0.717) is 24.2 Å². The van der Waals surface area contributed by atoms with Crippen LogP contribution in [0.25, 0.3) is 11.1 Å². The highest BCUT2D eigenvalue weighted by molar-refractivity contribution is 5.99. The van der Waals surface area contributed by atoms with Gasteiger partial charge in [0.25, 0.3) is 11.8 Å². The summed E-state index contributed by atoms with van der Waals surface area (Å²) >= 11 is 0. The largest absolute Gasteiger partial charge is 0.497 e. The van der Waals surface area contributed by atoms with Crippen LogP contribution in [0.1, 0.15) is 85.6 Å². The Bertz CT molecular complexity index is 3000. The molecule has 1 fully saturated rings. The lowest BCUT2D eigenvalue weighted by Crippen LogP contribution is -2.56. The number of nitrogens with one attached hydrogen (secondary N) is 5. The number of rotatable bonds is 18. The van der Waals surface area contributed by atoms with E-state index in [2.05, 4.69) is 55.8 Å². The average Bonchev–Trinajstić information content (AvgIpc) is 4.17. The number of alkyl carbamates (subject to hydrolysis) is 1. The van der Waals surface area contributed by atoms with Crippen LogP contribution in [-0.2, 0) is 31.2 Å². The van der Waals surface area contributed by atoms with Crippen LogP contribution >= 0.6 is 0 Å². The molecule has 3 heterocycles. The van der Waals surface area contributed by atoms with Crippen LogP contribution in [0.3, 0.4) is 0 Å². The maximum absolute atomic E-state index is 13.2. The highest BCUT2D eigenvalue weighted by Gasteiger charge is 2.41. The maximum Gasteiger partial charge on any atom is 0.407 e. The van der Waals surface area contributed by atoms with Gasteiger partial charge in [-0.1, -0.05) is 115 Å². The van der Waals surface area contributed by atoms with Gasteiger partial charge in [-0.15, -0.1) is 0 Å². The highest BCUT2D eigenvalue weighted by atomic mass is 16.6. The Morgan fingerprint density at radius 3 is 1.97 bits per heavy atom. The predicted molar refractivity (Wildman–Crippen MR) is 272 cm³/mol. The molecule has 372 valence electrons. The lowest BCUT2D eigenvalue weighted by Gasteiger charge is -2.37. The van der Waals surface area contributed by atoms with Gasteiger partial charge in [-0.2, -0.15) is 0 Å². The van der Waals surface area contributed by atoms with E-state index in [9.17, 15) is 19.2 Å². The Morgan fingerprint density at radius 1 is 0.712 bits per heavy atom. The molecule has 2 aliphatic heterocycles. The summed E-state index contributed by atoms with van der Waals surface area (Å²) in [6.07, 6.45) is 0.498. The van der Waals surface area contributed by atoms with Crippen LogP contribution < -0.4 is 36.1 Å². The number of anilines is 1. The first-order valence-corrected chi connectivity index (χ1v) is 24.2. The minimum Gasteiger partial charge on any atom is -0.497 e. The number of carbonyl (C=O) groups excluding carboxylic acids is 4. The van der Waals surface area contributed by atoms with E-state index in [-0.39, 0.29) is 56.3 Å². The molecule has 4 amide bonds. The van der Waals surface area contributed by atoms with Crippen LogP contribution in [0.4, 0.5) is 10.6 Å². The predicted octanol–water partition coefficient (Wildman–Crippen LogP) is 8.00. The van der Waals surface area contributed by atoms with Gasteiger partial charge in [-0.25, -0.2) is 9.78 Å². The van der Waals surface area contributed by atoms with Crippen molar-refractivity contribution in [2.24, 2.45) is 0 Å². The standard InChI is InChI=1S/C57H55N7O9/c1-69-41-24-20-39(21-25-41)57(38-10-4-3-5-11-38,40-22-26-42(70-2)27-23-40)72-33-43-28-29-50(73-43)64-35-60-51-52(64)62-55(63-54(51)67)61-49(65)30-31-58-53(66)37-18-16-36(17-19-37)32-59-56(68)71-34-48-46-14-8-6-12-44(46)45-13-7-9-15-47(45)48/h3-27,35,43,48,50,55,62H,28-34H2,1-2H3,(H,58,66)(H,59,68)(H,61,65)(H,63,67)/t43-,50+,55?/m0/s1. The summed E-state index contributed by atoms with van der Waals surface area (Å²) in [5.41, 5.74) is 7.63. The van der Waals surface area contributed by atoms with E-state index in [0.717, 1.165) is 56.0 Å². The van der Waals surface area contributed by atoms with Crippen molar-refractivity contribution in [1.82, 2.24) is 30.8 Å². The second-order valence-corrected chi connectivity index (χ2v) is 18.0. The number of carbonyl (C=O) groups is 4. The Kier molecular flexibility index (Phi) is 14.2. The van der Waals surface area contributed by atoms with E-state index >= 15 is 0 Å². The Balaban J connectivity index is 0.700. The molecule has 0 radical (unpaired) electrons. The van der Waals surface area contributed by atoms with Gasteiger partial charge in [-0.3, -0.25) is 19.0 Å². The molecular weight excluding hydrogens is 927 g/mol. The molecule has 0 saturated carbocycles. The summed E-state index contributed by atoms with van der Waals surface area (Å²) < 4.78 is 32.1. The van der Waals surface area contributed by atoms with Gasteiger partial charge < -0.3 is 50.3 Å². The fourth-order valence-corrected chi connectivity index (χ4v) is 9.86. The van der Waals surface area contributed by atoms with E-state index in [4.69, 9.17) is 23.7 Å². The SMILES string of the molecule is COc1ccc(C(OC[C@@H]2CC[C@H](n3cnc4c3NC(NC(=O)CCNC(=O)c3ccc(CNC(=O)OCC5c6ccccc6-c6ccccc65)cc3)NC4=O)O2)(c2ccccc2)c2ccc(OC)cc2)cc1. The van der Waals surface area contributed by atoms with Gasteiger partial charge in [0.1, 0.15) is 35.8 Å². The first-order valence-electron chi connectivity index (χ1n) is 24.2. The summed E-state index contributed by atoms with van der Waals surface area (Å²) in [4.78, 5) is 56.5. The Hall–Kier alpha value is -8.47. The number of aromatic nitrogens is 2. The van der Waals surface area contributed by atoms with Gasteiger partial charge >= 0.3 is 6.09 Å². The number of ether oxygens (including phenoxy) is 5. The number of benzene rings is 6. The third-order valence-electron chi connectivity index (χ3n) is 13.6. The number of amides is 4. The second kappa shape index (κ2) is 21.5. The molecule has 3 aliphatic rings. The van der Waals surface area contributed by atoms with Crippen molar-refractivity contribution in [2.75, 3.05) is 39.3 Å². The van der Waals surface area contributed by atoms with Gasteiger partial charge in [0.05, 0.1) is 33.3 Å². The smallest absolute Gasteiger partial charge is 0.407 e. The molecule has 16 nitrogen and oxygen atoms in total. The topological polar surface area (TPSA) is 192 Å². The van der Waals surface area contributed by atoms with E-state index in [1.54, 1.807) is 49.4 Å². The molecule has 1 aliphatic carbocycles. The van der Waals surface area contributed by atoms with Crippen molar-refractivity contribution in [2.45, 2.75) is 55.9 Å². The van der Waals surface area contributed by atoms with Crippen molar-refractivity contribution in [3.8, 4) is 22.6 Å². The maximum atomic E-state index is 13.2. The molecule has 0 bridgehead atoms. The molecule has 6 aromatic carbocycles. The van der Waals surface area contributed by atoms with Crippen LogP contribution in [0.2, 0.25) is 0 Å². The lowest BCUT2D eigenvalue weighted by atomic mass is 9.80. The summed E-state index contributed by atoms with van der Waals surface area (Å²) in [5.74, 6) is 0.564. The first kappa shape index (κ1) is 48.2. The number of methoxy groups -OCH3 is 2. The molecule has 73 heavy (non-hydrogen) atoms. The zero-order chi connectivity index (χ0) is 50.3. The van der Waals surface area contributed by atoms with E-state index < -0.39 is 36.0 Å². The Labute approximate surface area is 422 Å². The van der Waals surface area contributed by atoms with Crippen LogP contribution in [0.5, 0.6) is 11.5 Å². The van der Waals surface area contributed by atoms with Crippen LogP contribution in [0.15, 0.2) is 158 Å². The molecule has 1 aromatic heterocycles. The number of hydrogen-bond acceptors (Lipinski definition) is 11. The fourth-order valence-electron chi connectivity index (χ4n) is 9.86. The van der Waals surface area contributed by atoms with Crippen molar-refractivity contribution >= 4 is 29.6 Å². The third-order valence-corrected chi connectivity index (χ3v) is 13.6. The van der Waals surface area contributed by atoms with Gasteiger partial charge in [-0.05, 0) is 93.7 Å². The zero-order valence-corrected chi connectivity index (χ0v) is 40.3. The quantitative estimate of drug-likeness (QED) is 0.0524. The van der Waals surface area contributed by atoms with Crippen molar-refractivity contribution in [1.29, 1.82) is 0 Å². The molecule has 1 saturated heterocycles. The number of imidazole rings is 1. The fraction of sp³-hybridized carbons (Fsp3) is 0.246. The number of hydrogen-bond donors (Lipinski definition) is 5. The van der Waals surface area contributed by atoms with Crippen LogP contribution in [-0.4, -0.2) is 79.7 Å². The third kappa shape index (κ3) is 10.2. The molecular formula is C57H55N7O9. The monoisotopic (exact) mass is 981 g/mol. The van der Waals surface area contributed by atoms with E-state index in [1.165, 1.54) is 0 Å². The molecule has 1 unspecified atom stereocenters. The van der Waals surface area contributed by atoms with Crippen molar-refractivity contribution < 1.29 is 42.9 Å². The first-order chi connectivity index (χ1) is 35.7. The summed E-state index contributed by atoms with van der Waals surface area (Å²) in [7, 11) is 3.27. The molecule has 10 rings (SSSR count).